The maximum Gasteiger partial charge on any atom is 0.321 e. The van der Waals surface area contributed by atoms with Gasteiger partial charge in [0.2, 0.25) is 5.91 Å². The second-order valence-corrected chi connectivity index (χ2v) is 6.81. The van der Waals surface area contributed by atoms with E-state index in [1.807, 2.05) is 32.9 Å². The van der Waals surface area contributed by atoms with Crippen molar-refractivity contribution in [1.82, 2.24) is 20.4 Å². The van der Waals surface area contributed by atoms with Gasteiger partial charge in [-0.3, -0.25) is 19.9 Å². The van der Waals surface area contributed by atoms with Crippen LogP contribution in [0.2, 0.25) is 0 Å². The summed E-state index contributed by atoms with van der Waals surface area (Å²) in [5, 5.41) is 5.02. The minimum atomic E-state index is -0.431. The number of nitrogens with zero attached hydrogens (tertiary/aromatic N) is 2. The van der Waals surface area contributed by atoms with Crippen LogP contribution in [-0.2, 0) is 11.3 Å². The van der Waals surface area contributed by atoms with Crippen LogP contribution >= 0.6 is 0 Å². The molecule has 1 aromatic rings. The van der Waals surface area contributed by atoms with Crippen molar-refractivity contribution in [2.24, 2.45) is 0 Å². The maximum absolute atomic E-state index is 11.9. The van der Waals surface area contributed by atoms with Crippen molar-refractivity contribution in [3.63, 3.8) is 0 Å². The number of amides is 3. The molecular weight excluding hydrogens is 332 g/mol. The highest BCUT2D eigenvalue weighted by Crippen LogP contribution is 2.14. The summed E-state index contributed by atoms with van der Waals surface area (Å²) in [6.45, 7) is 10.9. The topological polar surface area (TPSA) is 73.9 Å². The number of rotatable bonds is 7. The summed E-state index contributed by atoms with van der Waals surface area (Å²) < 4.78 is 5.46. The molecule has 7 nitrogen and oxygen atoms in total. The number of nitrogens with one attached hydrogen (secondary N) is 2. The number of hydrogen-bond donors (Lipinski definition) is 2. The Bertz CT molecular complexity index is 581. The van der Waals surface area contributed by atoms with Gasteiger partial charge in [0.1, 0.15) is 5.75 Å². The molecule has 0 spiro atoms. The van der Waals surface area contributed by atoms with Crippen molar-refractivity contribution in [1.29, 1.82) is 0 Å². The summed E-state index contributed by atoms with van der Waals surface area (Å²) in [6.07, 6.45) is 0. The fourth-order valence-electron chi connectivity index (χ4n) is 2.89. The molecule has 0 unspecified atom stereocenters. The van der Waals surface area contributed by atoms with Crippen molar-refractivity contribution in [3.8, 4) is 5.75 Å². The highest BCUT2D eigenvalue weighted by atomic mass is 16.5. The van der Waals surface area contributed by atoms with Gasteiger partial charge in [0.15, 0.2) is 0 Å². The number of benzene rings is 1. The molecule has 1 aliphatic rings. The predicted octanol–water partition coefficient (Wildman–Crippen LogP) is 1.44. The van der Waals surface area contributed by atoms with Crippen LogP contribution in [-0.4, -0.2) is 67.1 Å². The monoisotopic (exact) mass is 362 g/mol. The van der Waals surface area contributed by atoms with E-state index in [1.54, 1.807) is 0 Å². The van der Waals surface area contributed by atoms with Crippen LogP contribution in [0.15, 0.2) is 24.3 Å². The molecule has 0 bridgehead atoms. The zero-order valence-electron chi connectivity index (χ0n) is 16.0. The lowest BCUT2D eigenvalue weighted by Crippen LogP contribution is -2.51. The van der Waals surface area contributed by atoms with Crippen LogP contribution in [0.4, 0.5) is 4.79 Å². The molecule has 0 atom stereocenters. The van der Waals surface area contributed by atoms with Gasteiger partial charge in [-0.05, 0) is 38.5 Å². The molecule has 1 saturated heterocycles. The van der Waals surface area contributed by atoms with Crippen molar-refractivity contribution in [2.75, 3.05) is 39.3 Å². The minimum absolute atomic E-state index is 0.00828. The van der Waals surface area contributed by atoms with E-state index in [2.05, 4.69) is 32.6 Å². The van der Waals surface area contributed by atoms with Gasteiger partial charge in [0.25, 0.3) is 0 Å². The quantitative estimate of drug-likeness (QED) is 0.768. The molecular formula is C19H30N4O3. The van der Waals surface area contributed by atoms with E-state index >= 15 is 0 Å². The molecule has 2 rings (SSSR count). The van der Waals surface area contributed by atoms with Gasteiger partial charge in [0.05, 0.1) is 13.2 Å². The molecule has 1 aromatic carbocycles. The second kappa shape index (κ2) is 10.1. The van der Waals surface area contributed by atoms with Gasteiger partial charge in [0, 0.05) is 38.8 Å². The zero-order chi connectivity index (χ0) is 18.9. The number of urea groups is 1. The number of carbonyl (C=O) groups excluding carboxylic acids is 2. The van der Waals surface area contributed by atoms with Crippen LogP contribution < -0.4 is 15.4 Å². The first-order valence-electron chi connectivity index (χ1n) is 9.23. The third-order valence-electron chi connectivity index (χ3n) is 4.15. The molecule has 0 radical (unpaired) electrons. The van der Waals surface area contributed by atoms with E-state index < -0.39 is 6.03 Å². The van der Waals surface area contributed by atoms with Crippen LogP contribution in [0.3, 0.4) is 0 Å². The zero-order valence-corrected chi connectivity index (χ0v) is 16.0. The molecule has 0 aliphatic carbocycles. The van der Waals surface area contributed by atoms with Crippen molar-refractivity contribution >= 4 is 11.9 Å². The third-order valence-corrected chi connectivity index (χ3v) is 4.15. The summed E-state index contributed by atoms with van der Waals surface area (Å²) >= 11 is 0. The third kappa shape index (κ3) is 7.01. The molecule has 7 heteroatoms. The van der Waals surface area contributed by atoms with Crippen molar-refractivity contribution < 1.29 is 14.3 Å². The Kier molecular flexibility index (Phi) is 7.87. The number of ether oxygens (including phenoxy) is 1. The highest BCUT2D eigenvalue weighted by Gasteiger charge is 2.20. The Morgan fingerprint density at radius 3 is 2.27 bits per heavy atom. The van der Waals surface area contributed by atoms with Gasteiger partial charge in [-0.2, -0.15) is 0 Å². The lowest BCUT2D eigenvalue weighted by Gasteiger charge is -2.34. The molecule has 3 amide bonds. The van der Waals surface area contributed by atoms with E-state index in [9.17, 15) is 9.59 Å². The molecule has 1 heterocycles. The number of hydrogen-bond acceptors (Lipinski definition) is 5. The molecule has 0 aromatic heterocycles. The maximum atomic E-state index is 11.9. The molecule has 26 heavy (non-hydrogen) atoms. The van der Waals surface area contributed by atoms with Crippen molar-refractivity contribution in [3.05, 3.63) is 29.8 Å². The second-order valence-electron chi connectivity index (χ2n) is 6.81. The predicted molar refractivity (Wildman–Crippen MR) is 101 cm³/mol. The smallest absolute Gasteiger partial charge is 0.321 e. The SMILES string of the molecule is CCOc1ccc(CN2CCN(CC(=O)NC(=O)NC(C)C)CC2)cc1. The van der Waals surface area contributed by atoms with Gasteiger partial charge in [-0.15, -0.1) is 0 Å². The fraction of sp³-hybridized carbons (Fsp3) is 0.579. The van der Waals surface area contributed by atoms with Crippen molar-refractivity contribution in [2.45, 2.75) is 33.4 Å². The average molecular weight is 362 g/mol. The Hall–Kier alpha value is -2.12. The minimum Gasteiger partial charge on any atom is -0.494 e. The van der Waals surface area contributed by atoms with Crippen LogP contribution in [0.5, 0.6) is 5.75 Å². The van der Waals surface area contributed by atoms with E-state index in [-0.39, 0.29) is 18.5 Å². The fourth-order valence-corrected chi connectivity index (χ4v) is 2.89. The van der Waals surface area contributed by atoms with Gasteiger partial charge in [-0.1, -0.05) is 12.1 Å². The Morgan fingerprint density at radius 1 is 1.08 bits per heavy atom. The van der Waals surface area contributed by atoms with Gasteiger partial charge in [-0.25, -0.2) is 4.79 Å². The summed E-state index contributed by atoms with van der Waals surface area (Å²) in [7, 11) is 0. The lowest BCUT2D eigenvalue weighted by molar-refractivity contribution is -0.121. The molecule has 144 valence electrons. The van der Waals surface area contributed by atoms with Crippen LogP contribution in [0, 0.1) is 0 Å². The first-order chi connectivity index (χ1) is 12.5. The summed E-state index contributed by atoms with van der Waals surface area (Å²) in [4.78, 5) is 27.9. The number of imide groups is 1. The first-order valence-corrected chi connectivity index (χ1v) is 9.23. The summed E-state index contributed by atoms with van der Waals surface area (Å²) in [5.74, 6) is 0.636. The Morgan fingerprint density at radius 2 is 1.69 bits per heavy atom. The molecule has 0 saturated carbocycles. The Labute approximate surface area is 155 Å². The molecule has 1 fully saturated rings. The summed E-state index contributed by atoms with van der Waals surface area (Å²) in [5.41, 5.74) is 1.25. The normalized spacial score (nSPS) is 15.7. The Balaban J connectivity index is 1.69. The standard InChI is InChI=1S/C19H30N4O3/c1-4-26-17-7-5-16(6-8-17)13-22-9-11-23(12-10-22)14-18(24)21-19(25)20-15(2)3/h5-8,15H,4,9-14H2,1-3H3,(H2,20,21,24,25). The number of carbonyl (C=O) groups is 2. The van der Waals surface area contributed by atoms with E-state index in [1.165, 1.54) is 5.56 Å². The van der Waals surface area contributed by atoms with Crippen LogP contribution in [0.1, 0.15) is 26.3 Å². The lowest BCUT2D eigenvalue weighted by atomic mass is 10.2. The average Bonchev–Trinajstić information content (AvgIpc) is 2.57. The molecule has 1 aliphatic heterocycles. The van der Waals surface area contributed by atoms with E-state index in [0.29, 0.717) is 6.61 Å². The van der Waals surface area contributed by atoms with Crippen LogP contribution in [0.25, 0.3) is 0 Å². The first kappa shape index (κ1) is 20.2. The van der Waals surface area contributed by atoms with E-state index in [0.717, 1.165) is 38.5 Å². The largest absolute Gasteiger partial charge is 0.494 e. The van der Waals surface area contributed by atoms with Gasteiger partial charge < -0.3 is 10.1 Å². The van der Waals surface area contributed by atoms with E-state index in [4.69, 9.17) is 4.74 Å². The highest BCUT2D eigenvalue weighted by molar-refractivity contribution is 5.95. The molecule has 2 N–H and O–H groups in total. The van der Waals surface area contributed by atoms with Gasteiger partial charge >= 0.3 is 6.03 Å². The summed E-state index contributed by atoms with van der Waals surface area (Å²) in [6, 6.07) is 7.77. The number of piperazine rings is 1.